The first-order chi connectivity index (χ1) is 5.27. The molecule has 0 aromatic carbocycles. The van der Waals surface area contributed by atoms with Gasteiger partial charge in [-0.1, -0.05) is 12.2 Å². The van der Waals surface area contributed by atoms with Crippen LogP contribution >= 0.6 is 0 Å². The Kier molecular flexibility index (Phi) is 6.42. The molecular formula is C7H13NO3. The summed E-state index contributed by atoms with van der Waals surface area (Å²) in [4.78, 5) is 10.0. The Hall–Kier alpha value is -1.03. The van der Waals surface area contributed by atoms with Gasteiger partial charge in [-0.25, -0.2) is 4.79 Å². The maximum atomic E-state index is 10.0. The molecule has 3 N–H and O–H groups in total. The van der Waals surface area contributed by atoms with Crippen LogP contribution in [-0.4, -0.2) is 24.4 Å². The minimum Gasteiger partial charge on any atom is -0.445 e. The highest BCUT2D eigenvalue weighted by Gasteiger charge is 1.86. The molecule has 0 fully saturated rings. The lowest BCUT2D eigenvalue weighted by Crippen LogP contribution is -2.12. The number of allylic oxidation sites excluding steroid dienone is 1. The molecule has 0 heterocycles. The van der Waals surface area contributed by atoms with E-state index in [2.05, 4.69) is 4.74 Å². The van der Waals surface area contributed by atoms with Crippen molar-refractivity contribution in [3.63, 3.8) is 0 Å². The largest absolute Gasteiger partial charge is 0.445 e. The first-order valence-corrected chi connectivity index (χ1v) is 3.45. The van der Waals surface area contributed by atoms with Crippen LogP contribution in [0.25, 0.3) is 0 Å². The van der Waals surface area contributed by atoms with Crippen molar-refractivity contribution in [2.75, 3.05) is 13.2 Å². The van der Waals surface area contributed by atoms with E-state index in [1.165, 1.54) is 0 Å². The number of primary amides is 1. The van der Waals surface area contributed by atoms with E-state index in [1.54, 1.807) is 6.08 Å². The summed E-state index contributed by atoms with van der Waals surface area (Å²) in [5.41, 5.74) is 4.70. The first kappa shape index (κ1) is 9.97. The second-order valence-electron chi connectivity index (χ2n) is 1.97. The molecule has 0 saturated heterocycles. The average Bonchev–Trinajstić information content (AvgIpc) is 1.96. The van der Waals surface area contributed by atoms with Crippen molar-refractivity contribution in [1.29, 1.82) is 0 Å². The van der Waals surface area contributed by atoms with E-state index >= 15 is 0 Å². The minimum absolute atomic E-state index is 0.182. The van der Waals surface area contributed by atoms with Crippen LogP contribution in [0.15, 0.2) is 12.2 Å². The van der Waals surface area contributed by atoms with Crippen molar-refractivity contribution in [3.05, 3.63) is 12.2 Å². The number of ether oxygens (including phenoxy) is 1. The molecule has 0 aromatic rings. The summed E-state index contributed by atoms with van der Waals surface area (Å²) >= 11 is 0. The monoisotopic (exact) mass is 159 g/mol. The summed E-state index contributed by atoms with van der Waals surface area (Å²) in [5, 5.41) is 8.37. The van der Waals surface area contributed by atoms with Crippen molar-refractivity contribution in [2.45, 2.75) is 12.8 Å². The molecule has 4 heteroatoms. The SMILES string of the molecule is NC(=O)OC/C=C/CCCO. The zero-order valence-corrected chi connectivity index (χ0v) is 6.32. The van der Waals surface area contributed by atoms with Gasteiger partial charge in [-0.3, -0.25) is 0 Å². The fourth-order valence-electron chi connectivity index (χ4n) is 0.525. The van der Waals surface area contributed by atoms with E-state index in [4.69, 9.17) is 10.8 Å². The van der Waals surface area contributed by atoms with Crippen molar-refractivity contribution in [3.8, 4) is 0 Å². The highest BCUT2D eigenvalue weighted by Crippen LogP contribution is 1.88. The number of rotatable bonds is 5. The van der Waals surface area contributed by atoms with Crippen molar-refractivity contribution in [1.82, 2.24) is 0 Å². The third-order valence-electron chi connectivity index (χ3n) is 1.02. The van der Waals surface area contributed by atoms with Gasteiger partial charge in [0.2, 0.25) is 0 Å². The number of aliphatic hydroxyl groups is 1. The maximum Gasteiger partial charge on any atom is 0.404 e. The zero-order valence-electron chi connectivity index (χ0n) is 6.32. The van der Waals surface area contributed by atoms with Crippen molar-refractivity contribution >= 4 is 6.09 Å². The number of carbonyl (C=O) groups is 1. The van der Waals surface area contributed by atoms with E-state index in [9.17, 15) is 4.79 Å². The summed E-state index contributed by atoms with van der Waals surface area (Å²) in [7, 11) is 0. The van der Waals surface area contributed by atoms with Crippen LogP contribution in [0.5, 0.6) is 0 Å². The molecule has 11 heavy (non-hydrogen) atoms. The number of carbonyl (C=O) groups excluding carboxylic acids is 1. The fourth-order valence-corrected chi connectivity index (χ4v) is 0.525. The zero-order chi connectivity index (χ0) is 8.53. The predicted octanol–water partition coefficient (Wildman–Crippen LogP) is 0.410. The molecule has 0 bridgehead atoms. The van der Waals surface area contributed by atoms with Crippen LogP contribution in [0.2, 0.25) is 0 Å². The van der Waals surface area contributed by atoms with E-state index < -0.39 is 6.09 Å². The third kappa shape index (κ3) is 8.97. The smallest absolute Gasteiger partial charge is 0.404 e. The van der Waals surface area contributed by atoms with Crippen LogP contribution in [0.4, 0.5) is 4.79 Å². The quantitative estimate of drug-likeness (QED) is 0.450. The fraction of sp³-hybridized carbons (Fsp3) is 0.571. The van der Waals surface area contributed by atoms with Gasteiger partial charge in [0.05, 0.1) is 0 Å². The third-order valence-corrected chi connectivity index (χ3v) is 1.02. The van der Waals surface area contributed by atoms with Crippen LogP contribution in [-0.2, 0) is 4.74 Å². The predicted molar refractivity (Wildman–Crippen MR) is 41.0 cm³/mol. The highest BCUT2D eigenvalue weighted by molar-refractivity contribution is 5.64. The van der Waals surface area contributed by atoms with Gasteiger partial charge in [-0.15, -0.1) is 0 Å². The summed E-state index contributed by atoms with van der Waals surface area (Å²) in [6.45, 7) is 0.391. The van der Waals surface area contributed by atoms with Crippen molar-refractivity contribution in [2.24, 2.45) is 5.73 Å². The number of unbranched alkanes of at least 4 members (excludes halogenated alkanes) is 1. The first-order valence-electron chi connectivity index (χ1n) is 3.45. The van der Waals surface area contributed by atoms with E-state index in [0.717, 1.165) is 12.8 Å². The van der Waals surface area contributed by atoms with Gasteiger partial charge < -0.3 is 15.6 Å². The Labute approximate surface area is 65.6 Å². The van der Waals surface area contributed by atoms with Crippen molar-refractivity contribution < 1.29 is 14.6 Å². The second-order valence-corrected chi connectivity index (χ2v) is 1.97. The lowest BCUT2D eigenvalue weighted by atomic mass is 10.3. The van der Waals surface area contributed by atoms with E-state index in [-0.39, 0.29) is 13.2 Å². The summed E-state index contributed by atoms with van der Waals surface area (Å²) in [6, 6.07) is 0. The van der Waals surface area contributed by atoms with Crippen LogP contribution in [0, 0.1) is 0 Å². The standard InChI is InChI=1S/C7H13NO3/c8-7(10)11-6-4-2-1-3-5-9/h2,4,9H,1,3,5-6H2,(H2,8,10)/b4-2+. The highest BCUT2D eigenvalue weighted by atomic mass is 16.5. The number of nitrogens with two attached hydrogens (primary N) is 1. The molecule has 0 aliphatic heterocycles. The molecule has 0 saturated carbocycles. The maximum absolute atomic E-state index is 10.0. The average molecular weight is 159 g/mol. The lowest BCUT2D eigenvalue weighted by Gasteiger charge is -1.93. The number of aliphatic hydroxyl groups excluding tert-OH is 1. The van der Waals surface area contributed by atoms with Gasteiger partial charge in [0, 0.05) is 6.61 Å². The second kappa shape index (κ2) is 7.08. The molecule has 0 aliphatic carbocycles. The van der Waals surface area contributed by atoms with Gasteiger partial charge in [0.15, 0.2) is 0 Å². The van der Waals surface area contributed by atoms with Gasteiger partial charge in [0.25, 0.3) is 0 Å². The molecule has 4 nitrogen and oxygen atoms in total. The van der Waals surface area contributed by atoms with Crippen LogP contribution < -0.4 is 5.73 Å². The van der Waals surface area contributed by atoms with Gasteiger partial charge in [-0.05, 0) is 12.8 Å². The summed E-state index contributed by atoms with van der Waals surface area (Å²) in [6.07, 6.45) is 4.28. The molecule has 0 rings (SSSR count). The van der Waals surface area contributed by atoms with Crippen LogP contribution in [0.1, 0.15) is 12.8 Å². The minimum atomic E-state index is -0.767. The number of hydrogen-bond acceptors (Lipinski definition) is 3. The Balaban J connectivity index is 3.10. The summed E-state index contributed by atoms with van der Waals surface area (Å²) < 4.78 is 4.41. The Morgan fingerprint density at radius 2 is 2.27 bits per heavy atom. The Morgan fingerprint density at radius 3 is 2.82 bits per heavy atom. The number of amides is 1. The van der Waals surface area contributed by atoms with E-state index in [1.807, 2.05) is 6.08 Å². The molecule has 0 aliphatic rings. The lowest BCUT2D eigenvalue weighted by molar-refractivity contribution is 0.169. The topological polar surface area (TPSA) is 72.6 Å². The normalized spacial score (nSPS) is 10.3. The Morgan fingerprint density at radius 1 is 1.55 bits per heavy atom. The Bertz CT molecular complexity index is 134. The molecular weight excluding hydrogens is 146 g/mol. The molecule has 0 aromatic heterocycles. The van der Waals surface area contributed by atoms with Gasteiger partial charge in [-0.2, -0.15) is 0 Å². The van der Waals surface area contributed by atoms with Gasteiger partial charge in [0.1, 0.15) is 6.61 Å². The van der Waals surface area contributed by atoms with Gasteiger partial charge >= 0.3 is 6.09 Å². The molecule has 0 radical (unpaired) electrons. The molecule has 64 valence electrons. The molecule has 0 atom stereocenters. The molecule has 0 unspecified atom stereocenters. The number of hydrogen-bond donors (Lipinski definition) is 2. The summed E-state index contributed by atoms with van der Waals surface area (Å²) in [5.74, 6) is 0. The van der Waals surface area contributed by atoms with E-state index in [0.29, 0.717) is 0 Å². The van der Waals surface area contributed by atoms with Crippen LogP contribution in [0.3, 0.4) is 0 Å². The molecule has 0 spiro atoms. The molecule has 1 amide bonds.